The summed E-state index contributed by atoms with van der Waals surface area (Å²) in [6.07, 6.45) is 5.92. The molecule has 0 saturated heterocycles. The minimum atomic E-state index is -0.460. The number of hydrogen-bond donors (Lipinski definition) is 0. The van der Waals surface area contributed by atoms with Gasteiger partial charge in [0.25, 0.3) is 0 Å². The fourth-order valence-corrected chi connectivity index (χ4v) is 6.44. The smallest absolute Gasteiger partial charge is 0.129 e. The Bertz CT molecular complexity index is 1670. The molecule has 1 saturated carbocycles. The molecule has 0 heterocycles. The summed E-state index contributed by atoms with van der Waals surface area (Å²) in [5, 5.41) is 0. The van der Waals surface area contributed by atoms with Crippen molar-refractivity contribution >= 4 is 0 Å². The lowest BCUT2D eigenvalue weighted by atomic mass is 9.78. The van der Waals surface area contributed by atoms with E-state index in [1.807, 2.05) is 13.8 Å². The third-order valence-electron chi connectivity index (χ3n) is 11.4. The average molecular weight is 835 g/mol. The fourth-order valence-electron chi connectivity index (χ4n) is 6.44. The first kappa shape index (κ1) is 57.0. The predicted molar refractivity (Wildman–Crippen MR) is 270 cm³/mol. The van der Waals surface area contributed by atoms with Crippen molar-refractivity contribution in [2.45, 2.75) is 174 Å². The van der Waals surface area contributed by atoms with Crippen molar-refractivity contribution in [1.29, 1.82) is 0 Å². The molecule has 0 atom stereocenters. The summed E-state index contributed by atoms with van der Waals surface area (Å²) < 4.78 is 25.9. The van der Waals surface area contributed by atoms with Crippen LogP contribution in [-0.2, 0) is 0 Å². The zero-order valence-electron chi connectivity index (χ0n) is 41.0. The van der Waals surface area contributed by atoms with Crippen LogP contribution in [0.5, 0.6) is 0 Å². The molecule has 0 unspecified atom stereocenters. The van der Waals surface area contributed by atoms with Crippen molar-refractivity contribution in [2.75, 3.05) is 0 Å². The van der Waals surface area contributed by atoms with E-state index in [0.717, 1.165) is 17.8 Å². The van der Waals surface area contributed by atoms with E-state index in [2.05, 4.69) is 194 Å². The first-order valence-electron chi connectivity index (χ1n) is 22.8. The van der Waals surface area contributed by atoms with Gasteiger partial charge in [-0.2, -0.15) is 0 Å². The molecule has 0 bridgehead atoms. The van der Waals surface area contributed by atoms with Crippen LogP contribution in [0.1, 0.15) is 189 Å². The molecule has 5 aromatic carbocycles. The van der Waals surface area contributed by atoms with Gasteiger partial charge in [0, 0.05) is 5.56 Å². The van der Waals surface area contributed by atoms with Gasteiger partial charge in [-0.05, 0) is 130 Å². The van der Waals surface area contributed by atoms with Crippen molar-refractivity contribution in [3.05, 3.63) is 176 Å². The predicted octanol–water partition coefficient (Wildman–Crippen LogP) is 19.2. The Hall–Kier alpha value is -4.04. The molecule has 1 fully saturated rings. The number of halogens is 2. The molecule has 0 spiro atoms. The molecule has 0 radical (unpaired) electrons. The van der Waals surface area contributed by atoms with Gasteiger partial charge in [-0.25, -0.2) is 8.78 Å². The summed E-state index contributed by atoms with van der Waals surface area (Å²) >= 11 is 0. The lowest BCUT2D eigenvalue weighted by Crippen LogP contribution is -2.16. The van der Waals surface area contributed by atoms with Crippen LogP contribution in [0.2, 0.25) is 0 Å². The van der Waals surface area contributed by atoms with E-state index in [4.69, 9.17) is 0 Å². The number of rotatable bonds is 5. The summed E-state index contributed by atoms with van der Waals surface area (Å²) in [7, 11) is 0. The third kappa shape index (κ3) is 24.3. The van der Waals surface area contributed by atoms with Crippen LogP contribution >= 0.6 is 0 Å². The van der Waals surface area contributed by atoms with Crippen molar-refractivity contribution < 1.29 is 8.78 Å². The van der Waals surface area contributed by atoms with Crippen LogP contribution in [0.3, 0.4) is 0 Å². The van der Waals surface area contributed by atoms with E-state index in [1.54, 1.807) is 0 Å². The topological polar surface area (TPSA) is 0 Å². The van der Waals surface area contributed by atoms with Gasteiger partial charge in [0.15, 0.2) is 0 Å². The quantitative estimate of drug-likeness (QED) is 0.165. The second kappa shape index (κ2) is 30.1. The average Bonchev–Trinajstić information content (AvgIpc) is 3.20. The molecule has 61 heavy (non-hydrogen) atoms. The normalized spacial score (nSPS) is 14.2. The molecule has 2 heteroatoms. The number of benzene rings is 5. The van der Waals surface area contributed by atoms with Crippen molar-refractivity contribution in [1.82, 2.24) is 0 Å². The monoisotopic (exact) mass is 835 g/mol. The van der Waals surface area contributed by atoms with Gasteiger partial charge in [-0.1, -0.05) is 221 Å². The van der Waals surface area contributed by atoms with Gasteiger partial charge < -0.3 is 0 Å². The lowest BCUT2D eigenvalue weighted by molar-refractivity contribution is 0.234. The second-order valence-corrected chi connectivity index (χ2v) is 18.9. The Morgan fingerprint density at radius 3 is 0.820 bits per heavy atom. The standard InChI is InChI=1S/C10H12F2.C10H20.3C10H14.C8H10.CH4/c1-6(2)8-4-9(11)7(3)10(12)5-8;4*1-8(2)10-6-4-9(3)5-7-10;1-7-3-5-8(2)6-4-7;/h4-6H,1-3H3;8-10H,4-7H2,1-3H3;3*4-8H,1-3H3;3-6H,1-2H3;1H4. The fraction of sp³-hybridized carbons (Fsp3) is 0.492. The van der Waals surface area contributed by atoms with Crippen LogP contribution in [0.25, 0.3) is 0 Å². The van der Waals surface area contributed by atoms with Crippen LogP contribution < -0.4 is 0 Å². The lowest BCUT2D eigenvalue weighted by Gasteiger charge is -2.28. The first-order valence-corrected chi connectivity index (χ1v) is 22.8. The summed E-state index contributed by atoms with van der Waals surface area (Å²) in [6, 6.07) is 37.4. The molecule has 0 aromatic heterocycles. The van der Waals surface area contributed by atoms with Crippen molar-refractivity contribution in [3.63, 3.8) is 0 Å². The molecule has 5 aromatic rings. The zero-order valence-corrected chi connectivity index (χ0v) is 41.0. The van der Waals surface area contributed by atoms with Crippen molar-refractivity contribution in [2.24, 2.45) is 17.8 Å². The molecule has 0 N–H and O–H groups in total. The highest BCUT2D eigenvalue weighted by molar-refractivity contribution is 5.28. The van der Waals surface area contributed by atoms with Crippen LogP contribution in [0, 0.1) is 70.9 Å². The SMILES string of the molecule is C.CC1CCC(C(C)C)CC1.Cc1c(F)cc(C(C)C)cc1F.Cc1ccc(C(C)C)cc1.Cc1ccc(C(C)C)cc1.Cc1ccc(C(C)C)cc1.Cc1ccc(C)cc1. The third-order valence-corrected chi connectivity index (χ3v) is 11.4. The summed E-state index contributed by atoms with van der Waals surface area (Å²) in [6.45, 7) is 36.2. The summed E-state index contributed by atoms with van der Waals surface area (Å²) in [4.78, 5) is 0. The summed E-state index contributed by atoms with van der Waals surface area (Å²) in [5.41, 5.74) is 11.7. The Balaban J connectivity index is 0.000000708. The Morgan fingerprint density at radius 1 is 0.377 bits per heavy atom. The van der Waals surface area contributed by atoms with E-state index < -0.39 is 11.6 Å². The van der Waals surface area contributed by atoms with Gasteiger partial charge in [0.2, 0.25) is 0 Å². The maximum absolute atomic E-state index is 13.0. The van der Waals surface area contributed by atoms with Crippen LogP contribution in [-0.4, -0.2) is 0 Å². The van der Waals surface area contributed by atoms with Crippen LogP contribution in [0.4, 0.5) is 8.78 Å². The Kier molecular flexibility index (Phi) is 28.1. The summed E-state index contributed by atoms with van der Waals surface area (Å²) in [5.74, 6) is 4.17. The van der Waals surface area contributed by atoms with E-state index in [1.165, 1.54) is 89.2 Å². The Morgan fingerprint density at radius 2 is 0.607 bits per heavy atom. The molecular weight excluding hydrogens is 747 g/mol. The highest BCUT2D eigenvalue weighted by Gasteiger charge is 2.20. The zero-order chi connectivity index (χ0) is 45.5. The minimum Gasteiger partial charge on any atom is -0.207 e. The molecule has 0 aliphatic heterocycles. The van der Waals surface area contributed by atoms with E-state index in [-0.39, 0.29) is 18.9 Å². The molecule has 338 valence electrons. The number of aryl methyl sites for hydroxylation is 5. The maximum atomic E-state index is 13.0. The van der Waals surface area contributed by atoms with Gasteiger partial charge in [0.1, 0.15) is 11.6 Å². The Labute approximate surface area is 376 Å². The highest BCUT2D eigenvalue weighted by atomic mass is 19.1. The molecule has 1 aliphatic carbocycles. The van der Waals surface area contributed by atoms with E-state index in [9.17, 15) is 8.78 Å². The van der Waals surface area contributed by atoms with Gasteiger partial charge in [-0.15, -0.1) is 0 Å². The highest BCUT2D eigenvalue weighted by Crippen LogP contribution is 2.32. The molecule has 1 aliphatic rings. The van der Waals surface area contributed by atoms with Crippen LogP contribution in [0.15, 0.2) is 109 Å². The second-order valence-electron chi connectivity index (χ2n) is 18.9. The minimum absolute atomic E-state index is 0. The molecule has 0 amide bonds. The largest absolute Gasteiger partial charge is 0.207 e. The maximum Gasteiger partial charge on any atom is 0.129 e. The van der Waals surface area contributed by atoms with Gasteiger partial charge in [0.05, 0.1) is 0 Å². The molecule has 0 nitrogen and oxygen atoms in total. The van der Waals surface area contributed by atoms with Gasteiger partial charge in [-0.3, -0.25) is 0 Å². The van der Waals surface area contributed by atoms with E-state index in [0.29, 0.717) is 23.3 Å². The van der Waals surface area contributed by atoms with E-state index >= 15 is 0 Å². The first-order chi connectivity index (χ1) is 28.1. The van der Waals surface area contributed by atoms with Gasteiger partial charge >= 0.3 is 0 Å². The molecule has 6 rings (SSSR count). The number of hydrogen-bond acceptors (Lipinski definition) is 0. The molecular formula is C59H88F2. The van der Waals surface area contributed by atoms with Crippen molar-refractivity contribution in [3.8, 4) is 0 Å².